The smallest absolute Gasteiger partial charge is 0.228 e. The Morgan fingerprint density at radius 2 is 1.92 bits per heavy atom. The summed E-state index contributed by atoms with van der Waals surface area (Å²) in [5.74, 6) is 0.385. The molecule has 142 valence electrons. The first-order valence-electron chi connectivity index (χ1n) is 9.69. The van der Waals surface area contributed by atoms with Crippen LogP contribution in [-0.2, 0) is 20.7 Å². The van der Waals surface area contributed by atoms with Crippen LogP contribution in [0.2, 0.25) is 0 Å². The number of nitrogens with zero attached hydrogens (tertiary/aromatic N) is 2. The quantitative estimate of drug-likeness (QED) is 0.784. The highest BCUT2D eigenvalue weighted by Gasteiger charge is 2.52. The van der Waals surface area contributed by atoms with Gasteiger partial charge in [0.05, 0.1) is 12.5 Å². The second-order valence-electron chi connectivity index (χ2n) is 7.59. The van der Waals surface area contributed by atoms with Gasteiger partial charge in [0.1, 0.15) is 0 Å². The molecule has 1 spiro atoms. The average molecular weight is 358 g/mol. The molecule has 2 aliphatic heterocycles. The predicted molar refractivity (Wildman–Crippen MR) is 101 cm³/mol. The van der Waals surface area contributed by atoms with Crippen LogP contribution >= 0.6 is 0 Å². The number of carbonyl (C=O) groups excluding carboxylic acids is 2. The first kappa shape index (κ1) is 18.9. The normalized spacial score (nSPS) is 22.2. The second-order valence-corrected chi connectivity index (χ2v) is 7.59. The van der Waals surface area contributed by atoms with Gasteiger partial charge in [0, 0.05) is 45.1 Å². The molecule has 2 aliphatic rings. The fourth-order valence-corrected chi connectivity index (χ4v) is 4.49. The molecule has 5 nitrogen and oxygen atoms in total. The van der Waals surface area contributed by atoms with Crippen molar-refractivity contribution in [3.05, 3.63) is 35.9 Å². The number of carbonyl (C=O) groups is 2. The highest BCUT2D eigenvalue weighted by atomic mass is 16.5. The summed E-state index contributed by atoms with van der Waals surface area (Å²) in [5, 5.41) is 0. The summed E-state index contributed by atoms with van der Waals surface area (Å²) >= 11 is 0. The Bertz CT molecular complexity index is 623. The fourth-order valence-electron chi connectivity index (χ4n) is 4.49. The van der Waals surface area contributed by atoms with E-state index < -0.39 is 0 Å². The van der Waals surface area contributed by atoms with Crippen molar-refractivity contribution in [3.8, 4) is 0 Å². The molecule has 0 N–H and O–H groups in total. The summed E-state index contributed by atoms with van der Waals surface area (Å²) in [6.07, 6.45) is 3.12. The van der Waals surface area contributed by atoms with Crippen molar-refractivity contribution in [3.63, 3.8) is 0 Å². The average Bonchev–Trinajstić information content (AvgIpc) is 2.93. The molecule has 2 heterocycles. The lowest BCUT2D eigenvalue weighted by atomic mass is 9.71. The Balaban J connectivity index is 1.57. The van der Waals surface area contributed by atoms with Crippen LogP contribution in [0.25, 0.3) is 0 Å². The summed E-state index contributed by atoms with van der Waals surface area (Å²) in [4.78, 5) is 29.2. The first-order chi connectivity index (χ1) is 12.6. The molecule has 1 aromatic carbocycles. The largest absolute Gasteiger partial charge is 0.384 e. The van der Waals surface area contributed by atoms with E-state index in [1.54, 1.807) is 7.11 Å². The van der Waals surface area contributed by atoms with Gasteiger partial charge in [-0.25, -0.2) is 0 Å². The summed E-state index contributed by atoms with van der Waals surface area (Å²) < 4.78 is 5.35. The van der Waals surface area contributed by atoms with Gasteiger partial charge in [-0.2, -0.15) is 0 Å². The molecule has 0 aliphatic carbocycles. The molecule has 2 saturated heterocycles. The van der Waals surface area contributed by atoms with Crippen LogP contribution in [0.5, 0.6) is 0 Å². The van der Waals surface area contributed by atoms with Crippen molar-refractivity contribution in [1.29, 1.82) is 0 Å². The van der Waals surface area contributed by atoms with E-state index in [1.165, 1.54) is 5.56 Å². The van der Waals surface area contributed by atoms with Crippen LogP contribution in [0.1, 0.15) is 31.7 Å². The maximum absolute atomic E-state index is 12.6. The van der Waals surface area contributed by atoms with Gasteiger partial charge in [-0.05, 0) is 31.7 Å². The molecule has 5 heteroatoms. The maximum Gasteiger partial charge on any atom is 0.228 e. The van der Waals surface area contributed by atoms with Crippen LogP contribution < -0.4 is 0 Å². The highest BCUT2D eigenvalue weighted by molar-refractivity contribution is 5.82. The van der Waals surface area contributed by atoms with E-state index >= 15 is 0 Å². The molecule has 1 atom stereocenters. The minimum atomic E-state index is -0.0611. The Kier molecular flexibility index (Phi) is 5.97. The van der Waals surface area contributed by atoms with Gasteiger partial charge in [-0.15, -0.1) is 0 Å². The van der Waals surface area contributed by atoms with Crippen molar-refractivity contribution in [2.24, 2.45) is 11.3 Å². The standard InChI is InChI=1S/C21H30N2O3/c1-3-22-16-21(18(15-26-2)20(22)25)11-13-23(14-12-21)19(24)10-9-17-7-5-4-6-8-17/h4-8,18H,3,9-16H2,1-2H3. The van der Waals surface area contributed by atoms with Crippen LogP contribution in [0.3, 0.4) is 0 Å². The molecule has 3 rings (SSSR count). The molecule has 1 aromatic rings. The molecule has 0 radical (unpaired) electrons. The number of piperidine rings is 1. The zero-order valence-electron chi connectivity index (χ0n) is 15.9. The molecule has 0 saturated carbocycles. The van der Waals surface area contributed by atoms with E-state index in [0.29, 0.717) is 13.0 Å². The SMILES string of the molecule is CCN1CC2(CCN(C(=O)CCc3ccccc3)CC2)C(COC)C1=O. The third kappa shape index (κ3) is 3.78. The number of hydrogen-bond donors (Lipinski definition) is 0. The second kappa shape index (κ2) is 8.21. The molecular formula is C21H30N2O3. The van der Waals surface area contributed by atoms with E-state index in [-0.39, 0.29) is 23.1 Å². The molecular weight excluding hydrogens is 328 g/mol. The Morgan fingerprint density at radius 3 is 2.54 bits per heavy atom. The number of amides is 2. The minimum Gasteiger partial charge on any atom is -0.384 e. The molecule has 2 fully saturated rings. The lowest BCUT2D eigenvalue weighted by molar-refractivity contribution is -0.135. The number of aryl methyl sites for hydroxylation is 1. The van der Waals surface area contributed by atoms with Crippen LogP contribution in [0.4, 0.5) is 0 Å². The molecule has 1 unspecified atom stereocenters. The van der Waals surface area contributed by atoms with Gasteiger partial charge in [-0.3, -0.25) is 9.59 Å². The van der Waals surface area contributed by atoms with Crippen LogP contribution in [0.15, 0.2) is 30.3 Å². The zero-order chi connectivity index (χ0) is 18.6. The lowest BCUT2D eigenvalue weighted by Crippen LogP contribution is -2.47. The van der Waals surface area contributed by atoms with Crippen molar-refractivity contribution in [2.45, 2.75) is 32.6 Å². The monoisotopic (exact) mass is 358 g/mol. The van der Waals surface area contributed by atoms with E-state index in [0.717, 1.165) is 45.4 Å². The number of ether oxygens (including phenoxy) is 1. The zero-order valence-corrected chi connectivity index (χ0v) is 15.9. The molecule has 0 aromatic heterocycles. The minimum absolute atomic E-state index is 0.0285. The number of benzene rings is 1. The van der Waals surface area contributed by atoms with Crippen molar-refractivity contribution >= 4 is 11.8 Å². The maximum atomic E-state index is 12.6. The van der Waals surface area contributed by atoms with Gasteiger partial charge >= 0.3 is 0 Å². The summed E-state index contributed by atoms with van der Waals surface area (Å²) in [6.45, 7) is 5.57. The molecule has 0 bridgehead atoms. The summed E-state index contributed by atoms with van der Waals surface area (Å²) in [5.41, 5.74) is 1.17. The molecule has 2 amide bonds. The first-order valence-corrected chi connectivity index (χ1v) is 9.69. The Labute approximate surface area is 156 Å². The Hall–Kier alpha value is -1.88. The Morgan fingerprint density at radius 1 is 1.23 bits per heavy atom. The van der Waals surface area contributed by atoms with Gasteiger partial charge in [0.25, 0.3) is 0 Å². The number of rotatable bonds is 6. The van der Waals surface area contributed by atoms with Crippen LogP contribution in [0, 0.1) is 11.3 Å². The van der Waals surface area contributed by atoms with Crippen molar-refractivity contribution in [2.75, 3.05) is 39.9 Å². The van der Waals surface area contributed by atoms with E-state index in [9.17, 15) is 9.59 Å². The van der Waals surface area contributed by atoms with Crippen LogP contribution in [-0.4, -0.2) is 61.5 Å². The third-order valence-electron chi connectivity index (χ3n) is 6.15. The van der Waals surface area contributed by atoms with Gasteiger partial charge < -0.3 is 14.5 Å². The highest BCUT2D eigenvalue weighted by Crippen LogP contribution is 2.45. The topological polar surface area (TPSA) is 49.9 Å². The van der Waals surface area contributed by atoms with E-state index in [4.69, 9.17) is 4.74 Å². The summed E-state index contributed by atoms with van der Waals surface area (Å²) in [6, 6.07) is 10.1. The van der Waals surface area contributed by atoms with Gasteiger partial charge in [0.2, 0.25) is 11.8 Å². The summed E-state index contributed by atoms with van der Waals surface area (Å²) in [7, 11) is 1.66. The van der Waals surface area contributed by atoms with Crippen molar-refractivity contribution < 1.29 is 14.3 Å². The van der Waals surface area contributed by atoms with E-state index in [2.05, 4.69) is 12.1 Å². The fraction of sp³-hybridized carbons (Fsp3) is 0.619. The van der Waals surface area contributed by atoms with Gasteiger partial charge in [-0.1, -0.05) is 30.3 Å². The predicted octanol–water partition coefficient (Wildman–Crippen LogP) is 2.35. The number of methoxy groups -OCH3 is 1. The number of hydrogen-bond acceptors (Lipinski definition) is 3. The number of likely N-dealkylation sites (tertiary alicyclic amines) is 2. The third-order valence-corrected chi connectivity index (χ3v) is 6.15. The van der Waals surface area contributed by atoms with E-state index in [1.807, 2.05) is 34.9 Å². The van der Waals surface area contributed by atoms with Crippen molar-refractivity contribution in [1.82, 2.24) is 9.80 Å². The van der Waals surface area contributed by atoms with Gasteiger partial charge in [0.15, 0.2) is 0 Å². The lowest BCUT2D eigenvalue weighted by Gasteiger charge is -2.41. The molecule has 26 heavy (non-hydrogen) atoms.